The van der Waals surface area contributed by atoms with Crippen molar-refractivity contribution in [2.45, 2.75) is 75.9 Å². The summed E-state index contributed by atoms with van der Waals surface area (Å²) in [6, 6.07) is 28.9. The first-order valence-corrected chi connectivity index (χ1v) is 18.7. The zero-order chi connectivity index (χ0) is 34.8. The van der Waals surface area contributed by atoms with Crippen LogP contribution in [-0.2, 0) is 32.6 Å². The molecule has 258 valence electrons. The average Bonchev–Trinajstić information content (AvgIpc) is 3.11. The van der Waals surface area contributed by atoms with Gasteiger partial charge in [0.2, 0.25) is 11.8 Å². The third-order valence-corrected chi connectivity index (χ3v) is 10.9. The zero-order valence-corrected chi connectivity index (χ0v) is 29.6. The highest BCUT2D eigenvalue weighted by Gasteiger charge is 2.35. The van der Waals surface area contributed by atoms with Crippen molar-refractivity contribution >= 4 is 39.1 Å². The molecule has 0 aromatic heterocycles. The summed E-state index contributed by atoms with van der Waals surface area (Å²) in [5.41, 5.74) is 2.85. The van der Waals surface area contributed by atoms with Crippen LogP contribution in [0, 0.1) is 6.92 Å². The Hall–Kier alpha value is -4.34. The van der Waals surface area contributed by atoms with Gasteiger partial charge >= 0.3 is 0 Å². The topological polar surface area (TPSA) is 96.0 Å². The Kier molecular flexibility index (Phi) is 12.4. The molecule has 0 aliphatic heterocycles. The summed E-state index contributed by atoms with van der Waals surface area (Å²) < 4.78 is 35.3. The van der Waals surface area contributed by atoms with E-state index in [9.17, 15) is 18.0 Å². The minimum Gasteiger partial charge on any atom is -0.494 e. The van der Waals surface area contributed by atoms with Gasteiger partial charge in [0.25, 0.3) is 10.0 Å². The van der Waals surface area contributed by atoms with Gasteiger partial charge in [-0.2, -0.15) is 0 Å². The minimum atomic E-state index is -4.20. The van der Waals surface area contributed by atoms with Gasteiger partial charge in [0.15, 0.2) is 0 Å². The third-order valence-electron chi connectivity index (χ3n) is 8.81. The SMILES string of the molecule is CCOc1ccc(N(CC(=O)N(Cc2ccc(Cl)cc2)C(Cc2ccccc2)C(=O)NC2CCCCC2)S(=O)(=O)c2ccc(C)cc2)cc1. The van der Waals surface area contributed by atoms with E-state index in [0.717, 1.165) is 53.1 Å². The van der Waals surface area contributed by atoms with Crippen LogP contribution in [0.4, 0.5) is 5.69 Å². The molecule has 2 amide bonds. The number of nitrogens with one attached hydrogen (secondary N) is 1. The second-order valence-electron chi connectivity index (χ2n) is 12.4. The molecule has 5 rings (SSSR count). The van der Waals surface area contributed by atoms with Crippen molar-refractivity contribution in [2.24, 2.45) is 0 Å². The van der Waals surface area contributed by atoms with Gasteiger partial charge < -0.3 is 15.0 Å². The normalized spacial score (nSPS) is 14.1. The van der Waals surface area contributed by atoms with Gasteiger partial charge in [-0.05, 0) is 86.3 Å². The van der Waals surface area contributed by atoms with Crippen LogP contribution in [-0.4, -0.2) is 50.4 Å². The number of halogens is 1. The lowest BCUT2D eigenvalue weighted by molar-refractivity contribution is -0.140. The fourth-order valence-corrected chi connectivity index (χ4v) is 7.67. The van der Waals surface area contributed by atoms with Crippen LogP contribution < -0.4 is 14.4 Å². The lowest BCUT2D eigenvalue weighted by Crippen LogP contribution is -2.55. The van der Waals surface area contributed by atoms with Crippen LogP contribution in [0.1, 0.15) is 55.7 Å². The molecule has 0 heterocycles. The van der Waals surface area contributed by atoms with Crippen LogP contribution in [0.25, 0.3) is 0 Å². The van der Waals surface area contributed by atoms with E-state index in [4.69, 9.17) is 16.3 Å². The Labute approximate surface area is 295 Å². The Morgan fingerprint density at radius 1 is 0.857 bits per heavy atom. The number of benzene rings is 4. The number of aryl methyl sites for hydroxylation is 1. The van der Waals surface area contributed by atoms with E-state index in [1.54, 1.807) is 48.5 Å². The molecular weight excluding hydrogens is 658 g/mol. The summed E-state index contributed by atoms with van der Waals surface area (Å²) >= 11 is 6.20. The summed E-state index contributed by atoms with van der Waals surface area (Å²) in [4.78, 5) is 30.5. The molecule has 1 saturated carbocycles. The fourth-order valence-electron chi connectivity index (χ4n) is 6.13. The summed E-state index contributed by atoms with van der Waals surface area (Å²) in [5.74, 6) is -0.191. The molecule has 8 nitrogen and oxygen atoms in total. The predicted molar refractivity (Wildman–Crippen MR) is 194 cm³/mol. The van der Waals surface area contributed by atoms with Gasteiger partial charge in [-0.1, -0.05) is 91.0 Å². The molecule has 1 fully saturated rings. The van der Waals surface area contributed by atoms with Crippen molar-refractivity contribution in [3.63, 3.8) is 0 Å². The van der Waals surface area contributed by atoms with Crippen molar-refractivity contribution in [3.8, 4) is 5.75 Å². The first-order chi connectivity index (χ1) is 23.6. The molecule has 0 spiro atoms. The maximum absolute atomic E-state index is 14.7. The lowest BCUT2D eigenvalue weighted by atomic mass is 9.94. The van der Waals surface area contributed by atoms with E-state index < -0.39 is 28.5 Å². The average molecular weight is 702 g/mol. The van der Waals surface area contributed by atoms with Crippen molar-refractivity contribution in [1.29, 1.82) is 0 Å². The summed E-state index contributed by atoms with van der Waals surface area (Å²) in [6.45, 7) is 3.75. The Morgan fingerprint density at radius 3 is 2.14 bits per heavy atom. The maximum atomic E-state index is 14.7. The quantitative estimate of drug-likeness (QED) is 0.149. The highest BCUT2D eigenvalue weighted by molar-refractivity contribution is 7.92. The van der Waals surface area contributed by atoms with Crippen LogP contribution in [0.5, 0.6) is 5.75 Å². The predicted octanol–water partition coefficient (Wildman–Crippen LogP) is 7.33. The number of carbonyl (C=O) groups is 2. The highest BCUT2D eigenvalue weighted by Crippen LogP contribution is 2.28. The van der Waals surface area contributed by atoms with Gasteiger partial charge in [-0.3, -0.25) is 13.9 Å². The standard InChI is InChI=1S/C39H44ClN3O5S/c1-3-48-35-22-20-34(21-23-35)43(49(46,47)36-24-14-29(2)15-25-36)28-38(44)42(27-31-16-18-32(40)19-17-31)37(26-30-10-6-4-7-11-30)39(45)41-33-12-8-5-9-13-33/h4,6-7,10-11,14-25,33,37H,3,5,8-9,12-13,26-28H2,1-2H3,(H,41,45). The van der Waals surface area contributed by atoms with E-state index in [2.05, 4.69) is 5.32 Å². The van der Waals surface area contributed by atoms with Gasteiger partial charge in [-0.15, -0.1) is 0 Å². The summed E-state index contributed by atoms with van der Waals surface area (Å²) in [7, 11) is -4.20. The molecular formula is C39H44ClN3O5S. The molecule has 0 radical (unpaired) electrons. The van der Waals surface area contributed by atoms with Crippen molar-refractivity contribution < 1.29 is 22.7 Å². The number of hydrogen-bond acceptors (Lipinski definition) is 5. The molecule has 0 bridgehead atoms. The van der Waals surface area contributed by atoms with Crippen LogP contribution in [0.15, 0.2) is 108 Å². The number of sulfonamides is 1. The first kappa shape index (κ1) is 36.0. The zero-order valence-electron chi connectivity index (χ0n) is 28.1. The fraction of sp³-hybridized carbons (Fsp3) is 0.333. The van der Waals surface area contributed by atoms with E-state index in [1.807, 2.05) is 56.3 Å². The lowest BCUT2D eigenvalue weighted by Gasteiger charge is -2.35. The highest BCUT2D eigenvalue weighted by atomic mass is 35.5. The van der Waals surface area contributed by atoms with Gasteiger partial charge in [0, 0.05) is 24.0 Å². The molecule has 0 saturated heterocycles. The molecule has 49 heavy (non-hydrogen) atoms. The Balaban J connectivity index is 1.56. The molecule has 4 aromatic rings. The van der Waals surface area contributed by atoms with E-state index in [1.165, 1.54) is 17.0 Å². The molecule has 1 aliphatic carbocycles. The van der Waals surface area contributed by atoms with Crippen LogP contribution in [0.3, 0.4) is 0 Å². The number of anilines is 1. The smallest absolute Gasteiger partial charge is 0.264 e. The van der Waals surface area contributed by atoms with Gasteiger partial charge in [0.1, 0.15) is 18.3 Å². The van der Waals surface area contributed by atoms with Gasteiger partial charge in [0.05, 0.1) is 17.2 Å². The Bertz CT molecular complexity index is 1780. The Morgan fingerprint density at radius 2 is 1.51 bits per heavy atom. The summed E-state index contributed by atoms with van der Waals surface area (Å²) in [6.07, 6.45) is 5.24. The summed E-state index contributed by atoms with van der Waals surface area (Å²) in [5, 5.41) is 3.78. The second-order valence-corrected chi connectivity index (χ2v) is 14.7. The third kappa shape index (κ3) is 9.64. The van der Waals surface area contributed by atoms with Gasteiger partial charge in [-0.25, -0.2) is 8.42 Å². The molecule has 10 heteroatoms. The van der Waals surface area contributed by atoms with Crippen LogP contribution in [0.2, 0.25) is 5.02 Å². The molecule has 1 atom stereocenters. The number of nitrogens with zero attached hydrogens (tertiary/aromatic N) is 2. The van der Waals surface area contributed by atoms with Crippen molar-refractivity contribution in [3.05, 3.63) is 125 Å². The van der Waals surface area contributed by atoms with E-state index in [0.29, 0.717) is 23.1 Å². The van der Waals surface area contributed by atoms with Crippen LogP contribution >= 0.6 is 11.6 Å². The molecule has 1 N–H and O–H groups in total. The largest absolute Gasteiger partial charge is 0.494 e. The molecule has 1 unspecified atom stereocenters. The molecule has 1 aliphatic rings. The van der Waals surface area contributed by atoms with Crippen molar-refractivity contribution in [2.75, 3.05) is 17.5 Å². The number of amides is 2. The van der Waals surface area contributed by atoms with E-state index in [-0.39, 0.29) is 29.8 Å². The number of hydrogen-bond donors (Lipinski definition) is 1. The number of rotatable bonds is 14. The number of carbonyl (C=O) groups excluding carboxylic acids is 2. The monoisotopic (exact) mass is 701 g/mol. The maximum Gasteiger partial charge on any atom is 0.264 e. The number of ether oxygens (including phenoxy) is 1. The minimum absolute atomic E-state index is 0.0225. The van der Waals surface area contributed by atoms with E-state index >= 15 is 0 Å². The second kappa shape index (κ2) is 16.9. The molecule has 4 aromatic carbocycles. The first-order valence-electron chi connectivity index (χ1n) is 16.8. The van der Waals surface area contributed by atoms with Crippen molar-refractivity contribution in [1.82, 2.24) is 10.2 Å².